The van der Waals surface area contributed by atoms with Crippen molar-refractivity contribution in [1.82, 2.24) is 4.90 Å². The van der Waals surface area contributed by atoms with E-state index < -0.39 is 0 Å². The monoisotopic (exact) mass is 332 g/mol. The van der Waals surface area contributed by atoms with Gasteiger partial charge in [0.15, 0.2) is 5.17 Å². The van der Waals surface area contributed by atoms with E-state index in [2.05, 4.69) is 46.7 Å². The van der Waals surface area contributed by atoms with Gasteiger partial charge in [-0.2, -0.15) is 0 Å². The molecule has 21 heavy (non-hydrogen) atoms. The Morgan fingerprint density at radius 2 is 2.24 bits per heavy atom. The van der Waals surface area contributed by atoms with Crippen LogP contribution in [0.15, 0.2) is 38.4 Å². The van der Waals surface area contributed by atoms with Gasteiger partial charge in [0.1, 0.15) is 0 Å². The van der Waals surface area contributed by atoms with E-state index in [1.54, 1.807) is 0 Å². The van der Waals surface area contributed by atoms with Gasteiger partial charge in [-0.1, -0.05) is 24.8 Å². The molecule has 1 aromatic heterocycles. The minimum Gasteiger partial charge on any atom is -0.318 e. The molecule has 2 aliphatic heterocycles. The fourth-order valence-corrected chi connectivity index (χ4v) is 5.69. The molecular formula is C16H16N2S3. The van der Waals surface area contributed by atoms with Crippen LogP contribution in [0.25, 0.3) is 15.8 Å². The first kappa shape index (κ1) is 13.7. The maximum atomic E-state index is 4.64. The molecule has 2 aromatic rings. The summed E-state index contributed by atoms with van der Waals surface area (Å²) in [5, 5.41) is 4.80. The van der Waals surface area contributed by atoms with Crippen LogP contribution in [0.1, 0.15) is 18.9 Å². The molecule has 3 heterocycles. The van der Waals surface area contributed by atoms with E-state index in [1.807, 2.05) is 34.9 Å². The van der Waals surface area contributed by atoms with Crippen LogP contribution >= 0.6 is 34.9 Å². The fraction of sp³-hybridized carbons (Fsp3) is 0.312. The largest absolute Gasteiger partial charge is 0.318 e. The molecule has 0 aliphatic carbocycles. The molecule has 0 saturated heterocycles. The number of fused-ring (bicyclic) bond motifs is 2. The zero-order chi connectivity index (χ0) is 14.4. The Kier molecular flexibility index (Phi) is 3.52. The lowest BCUT2D eigenvalue weighted by molar-refractivity contribution is 0.647. The van der Waals surface area contributed by atoms with Crippen LogP contribution in [0.4, 0.5) is 0 Å². The number of allylic oxidation sites excluding steroid dienone is 1. The minimum atomic E-state index is 0.930. The van der Waals surface area contributed by atoms with Crippen molar-refractivity contribution in [2.75, 3.05) is 19.3 Å². The first-order chi connectivity index (χ1) is 10.3. The summed E-state index contributed by atoms with van der Waals surface area (Å²) in [6.07, 6.45) is 3.23. The number of thioether (sulfide) groups is 2. The smallest absolute Gasteiger partial charge is 0.168 e. The highest BCUT2D eigenvalue weighted by molar-refractivity contribution is 8.17. The van der Waals surface area contributed by atoms with Crippen molar-refractivity contribution in [3.05, 3.63) is 34.0 Å². The maximum Gasteiger partial charge on any atom is 0.168 e. The van der Waals surface area contributed by atoms with Gasteiger partial charge in [-0.3, -0.25) is 4.99 Å². The zero-order valence-electron chi connectivity index (χ0n) is 12.0. The number of hydrogen-bond donors (Lipinski definition) is 0. The molecule has 5 heteroatoms. The van der Waals surface area contributed by atoms with Gasteiger partial charge in [0.2, 0.25) is 0 Å². The maximum absolute atomic E-state index is 4.64. The van der Waals surface area contributed by atoms with Gasteiger partial charge in [0.05, 0.1) is 12.2 Å². The first-order valence-electron chi connectivity index (χ1n) is 7.11. The molecule has 0 N–H and O–H groups in total. The van der Waals surface area contributed by atoms with Crippen LogP contribution in [0, 0.1) is 0 Å². The van der Waals surface area contributed by atoms with E-state index in [9.17, 15) is 0 Å². The van der Waals surface area contributed by atoms with Crippen molar-refractivity contribution >= 4 is 55.8 Å². The van der Waals surface area contributed by atoms with Crippen LogP contribution in [-0.4, -0.2) is 29.4 Å². The van der Waals surface area contributed by atoms with E-state index in [4.69, 9.17) is 0 Å². The Labute approximate surface area is 137 Å². The molecule has 0 spiro atoms. The van der Waals surface area contributed by atoms with Crippen LogP contribution in [0.3, 0.4) is 0 Å². The Bertz CT molecular complexity index is 773. The molecule has 4 rings (SSSR count). The number of hydrogen-bond acceptors (Lipinski definition) is 5. The summed E-state index contributed by atoms with van der Waals surface area (Å²) in [5.41, 5.74) is 2.79. The van der Waals surface area contributed by atoms with Gasteiger partial charge in [-0.15, -0.1) is 23.1 Å². The molecule has 0 radical (unpaired) electrons. The van der Waals surface area contributed by atoms with Crippen LogP contribution in [-0.2, 0) is 0 Å². The normalized spacial score (nSPS) is 17.8. The van der Waals surface area contributed by atoms with Crippen LogP contribution < -0.4 is 0 Å². The van der Waals surface area contributed by atoms with Gasteiger partial charge in [0, 0.05) is 32.0 Å². The molecule has 2 nitrogen and oxygen atoms in total. The fourth-order valence-electron chi connectivity index (χ4n) is 2.97. The van der Waals surface area contributed by atoms with E-state index >= 15 is 0 Å². The lowest BCUT2D eigenvalue weighted by Gasteiger charge is -2.18. The predicted molar refractivity (Wildman–Crippen MR) is 97.4 cm³/mol. The van der Waals surface area contributed by atoms with Crippen molar-refractivity contribution < 1.29 is 0 Å². The van der Waals surface area contributed by atoms with Gasteiger partial charge in [-0.25, -0.2) is 0 Å². The lowest BCUT2D eigenvalue weighted by atomic mass is 10.1. The van der Waals surface area contributed by atoms with Crippen molar-refractivity contribution in [2.45, 2.75) is 18.2 Å². The van der Waals surface area contributed by atoms with Gasteiger partial charge in [0.25, 0.3) is 0 Å². The summed E-state index contributed by atoms with van der Waals surface area (Å²) in [4.78, 5) is 9.88. The summed E-state index contributed by atoms with van der Waals surface area (Å²) in [6.45, 7) is 4.20. The zero-order valence-corrected chi connectivity index (χ0v) is 14.5. The second-order valence-electron chi connectivity index (χ2n) is 5.02. The van der Waals surface area contributed by atoms with Crippen molar-refractivity contribution in [3.8, 4) is 0 Å². The summed E-state index contributed by atoms with van der Waals surface area (Å²) in [7, 11) is 0. The molecule has 0 fully saturated rings. The molecule has 0 amide bonds. The Hall–Kier alpha value is -0.910. The number of amidine groups is 1. The van der Waals surface area contributed by atoms with E-state index in [0.717, 1.165) is 19.5 Å². The standard InChI is InChI=1S/C16H16N2S3/c1-3-12-14(18-8-7-17-16(18)21-12)11-4-5-13(19-2)10-6-9-20-15(10)11/h4-6,9H,3,7-8H2,1-2H3. The Morgan fingerprint density at radius 3 is 3.05 bits per heavy atom. The summed E-state index contributed by atoms with van der Waals surface area (Å²) in [5.74, 6) is 0. The lowest BCUT2D eigenvalue weighted by Crippen LogP contribution is -2.20. The Morgan fingerprint density at radius 1 is 1.33 bits per heavy atom. The van der Waals surface area contributed by atoms with Crippen LogP contribution in [0.2, 0.25) is 0 Å². The first-order valence-corrected chi connectivity index (χ1v) is 10.0. The predicted octanol–water partition coefficient (Wildman–Crippen LogP) is 5.12. The summed E-state index contributed by atoms with van der Waals surface area (Å²) in [6, 6.07) is 6.82. The molecule has 108 valence electrons. The van der Waals surface area contributed by atoms with Crippen molar-refractivity contribution in [3.63, 3.8) is 0 Å². The molecule has 0 atom stereocenters. The van der Waals surface area contributed by atoms with Gasteiger partial charge >= 0.3 is 0 Å². The summed E-state index contributed by atoms with van der Waals surface area (Å²) >= 11 is 5.54. The van der Waals surface area contributed by atoms with E-state index in [1.165, 1.54) is 36.3 Å². The highest BCUT2D eigenvalue weighted by Gasteiger charge is 2.33. The van der Waals surface area contributed by atoms with Crippen molar-refractivity contribution in [2.24, 2.45) is 4.99 Å². The molecular weight excluding hydrogens is 316 g/mol. The number of benzene rings is 1. The summed E-state index contributed by atoms with van der Waals surface area (Å²) < 4.78 is 1.41. The third-order valence-corrected chi connectivity index (χ3v) is 6.93. The third-order valence-electron chi connectivity index (χ3n) is 3.92. The quantitative estimate of drug-likeness (QED) is 0.726. The van der Waals surface area contributed by atoms with Gasteiger partial charge < -0.3 is 4.90 Å². The number of thiophene rings is 1. The van der Waals surface area contributed by atoms with Crippen LogP contribution in [0.5, 0.6) is 0 Å². The molecule has 2 aliphatic rings. The molecule has 0 unspecified atom stereocenters. The second kappa shape index (κ2) is 5.38. The average molecular weight is 333 g/mol. The van der Waals surface area contributed by atoms with Gasteiger partial charge in [-0.05, 0) is 30.2 Å². The second-order valence-corrected chi connectivity index (χ2v) is 7.85. The number of aliphatic imine (C=N–C) groups is 1. The minimum absolute atomic E-state index is 0.930. The molecule has 1 aromatic carbocycles. The third kappa shape index (κ3) is 2.05. The average Bonchev–Trinajstić information content (AvgIpc) is 3.20. The molecule has 0 saturated carbocycles. The Balaban J connectivity index is 1.93. The van der Waals surface area contributed by atoms with Crippen molar-refractivity contribution in [1.29, 1.82) is 0 Å². The SMILES string of the molecule is CCC1=C(c2ccc(SC)c3ccsc23)N2CCN=C2S1. The van der Waals surface area contributed by atoms with E-state index in [0.29, 0.717) is 0 Å². The highest BCUT2D eigenvalue weighted by Crippen LogP contribution is 2.46. The molecule has 0 bridgehead atoms. The van der Waals surface area contributed by atoms with E-state index in [-0.39, 0.29) is 0 Å². The number of nitrogens with zero attached hydrogens (tertiary/aromatic N) is 2. The highest BCUT2D eigenvalue weighted by atomic mass is 32.2. The number of rotatable bonds is 3. The topological polar surface area (TPSA) is 15.6 Å².